The number of amides is 3. The summed E-state index contributed by atoms with van der Waals surface area (Å²) in [7, 11) is 3.01. The van der Waals surface area contributed by atoms with E-state index in [0.717, 1.165) is 0 Å². The van der Waals surface area contributed by atoms with E-state index in [1.165, 1.54) is 14.2 Å². The molecule has 9 nitrogen and oxygen atoms in total. The SMILES string of the molecule is COc1ccc2c(c1OC)C(=O)N1c3ccccc3C(=O)N(CCCC(=O)NCCn3cccc3)[C@@H]21. The molecular weight excluding hydrogens is 460 g/mol. The van der Waals surface area contributed by atoms with E-state index in [4.69, 9.17) is 9.47 Å². The molecule has 2 aromatic carbocycles. The molecule has 0 unspecified atom stereocenters. The maximum absolute atomic E-state index is 13.7. The Morgan fingerprint density at radius 2 is 1.72 bits per heavy atom. The molecule has 0 saturated carbocycles. The van der Waals surface area contributed by atoms with Crippen molar-refractivity contribution in [3.63, 3.8) is 0 Å². The molecule has 2 aliphatic rings. The second-order valence-corrected chi connectivity index (χ2v) is 8.70. The smallest absolute Gasteiger partial charge is 0.264 e. The van der Waals surface area contributed by atoms with Crippen LogP contribution in [0.5, 0.6) is 11.5 Å². The first kappa shape index (κ1) is 23.5. The van der Waals surface area contributed by atoms with Crippen LogP contribution in [-0.4, -0.2) is 54.5 Å². The van der Waals surface area contributed by atoms with Crippen molar-refractivity contribution in [2.75, 3.05) is 32.2 Å². The Bertz CT molecular complexity index is 1300. The molecule has 2 aliphatic heterocycles. The standard InChI is InChI=1S/C27H28N4O5/c1-35-21-12-11-19-23(24(21)36-2)27(34)31-20-9-4-3-8-18(20)26(33)30(25(19)31)16-7-10-22(32)28-13-17-29-14-5-6-15-29/h3-6,8-9,11-12,14-15,25H,7,10,13,16-17H2,1-2H3,(H,28,32)/t25-/m1/s1. The monoisotopic (exact) mass is 488 g/mol. The maximum atomic E-state index is 13.7. The third-order valence-electron chi connectivity index (χ3n) is 6.64. The van der Waals surface area contributed by atoms with Gasteiger partial charge in [0.1, 0.15) is 6.17 Å². The van der Waals surface area contributed by atoms with Gasteiger partial charge in [0, 0.05) is 44.0 Å². The number of carbonyl (C=O) groups is 3. The van der Waals surface area contributed by atoms with Crippen LogP contribution >= 0.6 is 0 Å². The number of hydrogen-bond acceptors (Lipinski definition) is 5. The molecule has 0 fully saturated rings. The van der Waals surface area contributed by atoms with Gasteiger partial charge >= 0.3 is 0 Å². The molecule has 1 aromatic heterocycles. The summed E-state index contributed by atoms with van der Waals surface area (Å²) in [6.45, 7) is 1.55. The topological polar surface area (TPSA) is 93.1 Å². The van der Waals surface area contributed by atoms with Crippen LogP contribution in [0, 0.1) is 0 Å². The van der Waals surface area contributed by atoms with Crippen molar-refractivity contribution >= 4 is 23.4 Å². The van der Waals surface area contributed by atoms with Gasteiger partial charge in [0.2, 0.25) is 5.91 Å². The molecule has 5 rings (SSSR count). The van der Waals surface area contributed by atoms with Crippen LogP contribution < -0.4 is 19.7 Å². The Morgan fingerprint density at radius 3 is 2.47 bits per heavy atom. The van der Waals surface area contributed by atoms with E-state index in [2.05, 4.69) is 5.32 Å². The van der Waals surface area contributed by atoms with Crippen LogP contribution in [0.15, 0.2) is 60.9 Å². The molecule has 0 radical (unpaired) electrons. The zero-order valence-corrected chi connectivity index (χ0v) is 20.3. The number of anilines is 1. The first-order valence-electron chi connectivity index (χ1n) is 11.9. The Hall–Kier alpha value is -4.27. The highest BCUT2D eigenvalue weighted by Crippen LogP contribution is 2.49. The van der Waals surface area contributed by atoms with E-state index >= 15 is 0 Å². The molecule has 1 atom stereocenters. The number of carbonyl (C=O) groups excluding carboxylic acids is 3. The lowest BCUT2D eigenvalue weighted by Gasteiger charge is -2.41. The maximum Gasteiger partial charge on any atom is 0.264 e. The summed E-state index contributed by atoms with van der Waals surface area (Å²) >= 11 is 0. The van der Waals surface area contributed by atoms with Gasteiger partial charge in [-0.2, -0.15) is 0 Å². The normalized spacial score (nSPS) is 15.9. The van der Waals surface area contributed by atoms with Gasteiger partial charge in [-0.25, -0.2) is 0 Å². The van der Waals surface area contributed by atoms with E-state index in [9.17, 15) is 14.4 Å². The van der Waals surface area contributed by atoms with Crippen LogP contribution in [0.2, 0.25) is 0 Å². The van der Waals surface area contributed by atoms with Crippen molar-refractivity contribution in [1.29, 1.82) is 0 Å². The number of nitrogens with zero attached hydrogens (tertiary/aromatic N) is 3. The lowest BCUT2D eigenvalue weighted by Crippen LogP contribution is -2.48. The summed E-state index contributed by atoms with van der Waals surface area (Å²) in [6.07, 6.45) is 4.01. The molecule has 3 heterocycles. The molecule has 0 bridgehead atoms. The van der Waals surface area contributed by atoms with Gasteiger partial charge in [-0.05, 0) is 36.8 Å². The number of methoxy groups -OCH3 is 2. The summed E-state index contributed by atoms with van der Waals surface area (Å²) in [5, 5.41) is 2.92. The highest BCUT2D eigenvalue weighted by atomic mass is 16.5. The fourth-order valence-electron chi connectivity index (χ4n) is 4.99. The molecular formula is C27H28N4O5. The first-order valence-corrected chi connectivity index (χ1v) is 11.9. The molecule has 186 valence electrons. The minimum atomic E-state index is -0.619. The van der Waals surface area contributed by atoms with E-state index in [1.54, 1.807) is 40.1 Å². The third kappa shape index (κ3) is 3.96. The van der Waals surface area contributed by atoms with Crippen LogP contribution in [0.25, 0.3) is 0 Å². The minimum Gasteiger partial charge on any atom is -0.493 e. The molecule has 36 heavy (non-hydrogen) atoms. The Balaban J connectivity index is 1.37. The van der Waals surface area contributed by atoms with Crippen LogP contribution in [0.1, 0.15) is 45.3 Å². The van der Waals surface area contributed by atoms with Gasteiger partial charge in [0.05, 0.1) is 31.0 Å². The number of aromatic nitrogens is 1. The van der Waals surface area contributed by atoms with Crippen LogP contribution in [-0.2, 0) is 11.3 Å². The van der Waals surface area contributed by atoms with E-state index in [1.807, 2.05) is 35.2 Å². The Labute approximate surface area is 209 Å². The number of ether oxygens (including phenoxy) is 2. The summed E-state index contributed by atoms with van der Waals surface area (Å²) in [5.74, 6) is 0.306. The first-order chi connectivity index (χ1) is 17.5. The molecule has 1 N–H and O–H groups in total. The highest BCUT2D eigenvalue weighted by molar-refractivity contribution is 6.18. The average Bonchev–Trinajstić information content (AvgIpc) is 3.52. The zero-order valence-electron chi connectivity index (χ0n) is 20.3. The third-order valence-corrected chi connectivity index (χ3v) is 6.64. The molecule has 3 amide bonds. The van der Waals surface area contributed by atoms with Crippen molar-refractivity contribution < 1.29 is 23.9 Å². The second-order valence-electron chi connectivity index (χ2n) is 8.70. The van der Waals surface area contributed by atoms with Gasteiger partial charge in [0.25, 0.3) is 11.8 Å². The number of hydrogen-bond donors (Lipinski definition) is 1. The fourth-order valence-corrected chi connectivity index (χ4v) is 4.99. The Kier molecular flexibility index (Phi) is 6.37. The molecule has 0 spiro atoms. The quantitative estimate of drug-likeness (QED) is 0.499. The van der Waals surface area contributed by atoms with Crippen molar-refractivity contribution in [2.24, 2.45) is 0 Å². The predicted molar refractivity (Wildman–Crippen MR) is 133 cm³/mol. The van der Waals surface area contributed by atoms with Gasteiger partial charge in [-0.3, -0.25) is 19.3 Å². The van der Waals surface area contributed by atoms with Crippen molar-refractivity contribution in [3.8, 4) is 11.5 Å². The van der Waals surface area contributed by atoms with Crippen LogP contribution in [0.3, 0.4) is 0 Å². The second kappa shape index (κ2) is 9.77. The predicted octanol–water partition coefficient (Wildman–Crippen LogP) is 3.22. The number of benzene rings is 2. The Morgan fingerprint density at radius 1 is 0.944 bits per heavy atom. The van der Waals surface area contributed by atoms with E-state index < -0.39 is 6.17 Å². The molecule has 0 aliphatic carbocycles. The van der Waals surface area contributed by atoms with Gasteiger partial charge < -0.3 is 24.3 Å². The van der Waals surface area contributed by atoms with Gasteiger partial charge in [-0.1, -0.05) is 18.2 Å². The van der Waals surface area contributed by atoms with E-state index in [-0.39, 0.29) is 24.1 Å². The van der Waals surface area contributed by atoms with Gasteiger partial charge in [-0.15, -0.1) is 0 Å². The fraction of sp³-hybridized carbons (Fsp3) is 0.296. The highest BCUT2D eigenvalue weighted by Gasteiger charge is 2.49. The number of para-hydroxylation sites is 1. The molecule has 9 heteroatoms. The summed E-state index contributed by atoms with van der Waals surface area (Å²) in [6, 6.07) is 14.5. The zero-order chi connectivity index (χ0) is 25.2. The lowest BCUT2D eigenvalue weighted by atomic mass is 10.0. The largest absolute Gasteiger partial charge is 0.493 e. The molecule has 0 saturated heterocycles. The minimum absolute atomic E-state index is 0.0711. The number of nitrogens with one attached hydrogen (secondary N) is 1. The van der Waals surface area contributed by atoms with Crippen molar-refractivity contribution in [1.82, 2.24) is 14.8 Å². The molecule has 3 aromatic rings. The lowest BCUT2D eigenvalue weighted by molar-refractivity contribution is -0.121. The summed E-state index contributed by atoms with van der Waals surface area (Å²) in [4.78, 5) is 43.0. The van der Waals surface area contributed by atoms with Gasteiger partial charge in [0.15, 0.2) is 11.5 Å². The summed E-state index contributed by atoms with van der Waals surface area (Å²) < 4.78 is 13.0. The van der Waals surface area contributed by atoms with Crippen molar-refractivity contribution in [2.45, 2.75) is 25.6 Å². The average molecular weight is 489 g/mol. The summed E-state index contributed by atoms with van der Waals surface area (Å²) in [5.41, 5.74) is 2.08. The number of fused-ring (bicyclic) bond motifs is 5. The van der Waals surface area contributed by atoms with E-state index in [0.29, 0.717) is 59.9 Å². The van der Waals surface area contributed by atoms with Crippen LogP contribution in [0.4, 0.5) is 5.69 Å². The number of rotatable bonds is 9. The van der Waals surface area contributed by atoms with Crippen molar-refractivity contribution in [3.05, 3.63) is 77.6 Å².